The van der Waals surface area contributed by atoms with E-state index in [1.165, 1.54) is 12.8 Å². The molecule has 0 aliphatic heterocycles. The fourth-order valence-corrected chi connectivity index (χ4v) is 5.22. The van der Waals surface area contributed by atoms with E-state index in [4.69, 9.17) is 0 Å². The van der Waals surface area contributed by atoms with E-state index in [0.29, 0.717) is 11.8 Å². The van der Waals surface area contributed by atoms with E-state index in [2.05, 4.69) is 98.8 Å². The van der Waals surface area contributed by atoms with Crippen LogP contribution < -0.4 is 0 Å². The molecule has 0 aromatic heterocycles. The molecular formula is C28H34Cl2SiZr. The number of halogens is 2. The smallest absolute Gasteiger partial charge is 0.321 e. The van der Waals surface area contributed by atoms with Gasteiger partial charge in [-0.25, -0.2) is 0 Å². The first-order valence-electron chi connectivity index (χ1n) is 11.1. The van der Waals surface area contributed by atoms with Gasteiger partial charge in [0.05, 0.1) is 0 Å². The minimum atomic E-state index is 0. The zero-order valence-corrected chi connectivity index (χ0v) is 24.1. The summed E-state index contributed by atoms with van der Waals surface area (Å²) in [5.41, 5.74) is 6.22. The van der Waals surface area contributed by atoms with Gasteiger partial charge in [0.1, 0.15) is 0 Å². The number of hydrogen-bond donors (Lipinski definition) is 0. The van der Waals surface area contributed by atoms with Crippen molar-refractivity contribution in [2.75, 3.05) is 0 Å². The van der Waals surface area contributed by atoms with E-state index in [1.807, 2.05) is 0 Å². The van der Waals surface area contributed by atoms with Gasteiger partial charge in [0, 0.05) is 9.52 Å². The molecule has 0 nitrogen and oxygen atoms in total. The Morgan fingerprint density at radius 1 is 0.688 bits per heavy atom. The molecule has 168 valence electrons. The summed E-state index contributed by atoms with van der Waals surface area (Å²) >= 11 is 0. The largest absolute Gasteiger partial charge is 2.00 e. The number of rotatable bonds is 0. The molecule has 2 radical (unpaired) electrons. The van der Waals surface area contributed by atoms with Crippen LogP contribution in [-0.4, -0.2) is 9.52 Å². The van der Waals surface area contributed by atoms with Gasteiger partial charge in [0.15, 0.2) is 0 Å². The van der Waals surface area contributed by atoms with Crippen molar-refractivity contribution in [3.05, 3.63) is 108 Å². The summed E-state index contributed by atoms with van der Waals surface area (Å²) in [6.45, 7) is 4.31. The molecule has 32 heavy (non-hydrogen) atoms. The first-order valence-corrected chi connectivity index (χ1v) is 13.1. The van der Waals surface area contributed by atoms with E-state index in [1.54, 1.807) is 22.3 Å². The van der Waals surface area contributed by atoms with Crippen molar-refractivity contribution < 1.29 is 26.2 Å². The first-order chi connectivity index (χ1) is 14.3. The molecule has 4 aliphatic rings. The summed E-state index contributed by atoms with van der Waals surface area (Å²) in [6, 6.07) is 17.7. The normalized spacial score (nSPS) is 24.8. The van der Waals surface area contributed by atoms with E-state index >= 15 is 0 Å². The average molecular weight is 561 g/mol. The molecule has 0 spiro atoms. The van der Waals surface area contributed by atoms with E-state index < -0.39 is 0 Å². The van der Waals surface area contributed by atoms with Crippen molar-refractivity contribution in [1.29, 1.82) is 0 Å². The Kier molecular flexibility index (Phi) is 13.7. The van der Waals surface area contributed by atoms with Crippen molar-refractivity contribution in [1.82, 2.24) is 0 Å². The Hall–Kier alpha value is -0.400. The van der Waals surface area contributed by atoms with Crippen LogP contribution in [0.3, 0.4) is 0 Å². The van der Waals surface area contributed by atoms with Crippen LogP contribution in [0.5, 0.6) is 0 Å². The topological polar surface area (TPSA) is 0 Å². The van der Waals surface area contributed by atoms with E-state index in [-0.39, 0.29) is 51.0 Å². The fraction of sp³-hybridized carbons (Fsp3) is 0.357. The average Bonchev–Trinajstić information content (AvgIpc) is 3.33. The third kappa shape index (κ3) is 6.82. The molecule has 6 rings (SSSR count). The van der Waals surface area contributed by atoms with Crippen molar-refractivity contribution in [3.63, 3.8) is 0 Å². The quantitative estimate of drug-likeness (QED) is 0.175. The molecule has 0 amide bonds. The molecule has 0 N–H and O–H groups in total. The van der Waals surface area contributed by atoms with Crippen LogP contribution in [0.1, 0.15) is 46.9 Å². The van der Waals surface area contributed by atoms with Gasteiger partial charge in [-0.15, -0.1) is 37.0 Å². The van der Waals surface area contributed by atoms with Crippen LogP contribution in [-0.2, 0) is 39.0 Å². The van der Waals surface area contributed by atoms with Gasteiger partial charge in [0.2, 0.25) is 0 Å². The Morgan fingerprint density at radius 2 is 1.06 bits per heavy atom. The van der Waals surface area contributed by atoms with Crippen LogP contribution in [0, 0.1) is 24.7 Å². The molecular weight excluding hydrogens is 527 g/mol. The van der Waals surface area contributed by atoms with Gasteiger partial charge in [0.25, 0.3) is 0 Å². The fourth-order valence-electron chi connectivity index (χ4n) is 5.22. The van der Waals surface area contributed by atoms with Crippen LogP contribution in [0.2, 0.25) is 13.1 Å². The van der Waals surface area contributed by atoms with Crippen LogP contribution in [0.15, 0.2) is 72.8 Å². The van der Waals surface area contributed by atoms with Gasteiger partial charge in [-0.2, -0.15) is 24.7 Å². The summed E-state index contributed by atoms with van der Waals surface area (Å²) in [5.74, 6) is 2.93. The molecule has 0 saturated carbocycles. The Morgan fingerprint density at radius 3 is 1.47 bits per heavy atom. The predicted octanol–water partition coefficient (Wildman–Crippen LogP) is 7.84. The molecule has 4 atom stereocenters. The second kappa shape index (κ2) is 14.8. The molecule has 2 aromatic carbocycles. The number of benzene rings is 2. The maximum atomic E-state index is 2.46. The van der Waals surface area contributed by atoms with Gasteiger partial charge >= 0.3 is 26.2 Å². The van der Waals surface area contributed by atoms with E-state index in [9.17, 15) is 0 Å². The summed E-state index contributed by atoms with van der Waals surface area (Å²) in [4.78, 5) is 0. The van der Waals surface area contributed by atoms with Crippen LogP contribution >= 0.6 is 24.8 Å². The number of allylic oxidation sites excluding steroid dienone is 4. The predicted molar refractivity (Wildman–Crippen MR) is 141 cm³/mol. The third-order valence-corrected chi connectivity index (χ3v) is 6.50. The second-order valence-electron chi connectivity index (χ2n) is 8.48. The molecule has 4 heteroatoms. The third-order valence-electron chi connectivity index (χ3n) is 6.50. The number of fused-ring (bicyclic) bond motifs is 6. The van der Waals surface area contributed by atoms with Crippen molar-refractivity contribution in [2.24, 2.45) is 11.8 Å². The summed E-state index contributed by atoms with van der Waals surface area (Å²) in [7, 11) is 1.08. The van der Waals surface area contributed by atoms with E-state index in [0.717, 1.165) is 34.2 Å². The summed E-state index contributed by atoms with van der Waals surface area (Å²) in [5, 5.41) is 0. The monoisotopic (exact) mass is 558 g/mol. The molecule has 0 saturated heterocycles. The Balaban J connectivity index is 0.000000264. The summed E-state index contributed by atoms with van der Waals surface area (Å²) in [6.07, 6.45) is 19.1. The van der Waals surface area contributed by atoms with Gasteiger partial charge in [-0.05, 0) is 34.1 Å². The van der Waals surface area contributed by atoms with Crippen molar-refractivity contribution >= 4 is 34.3 Å². The number of hydrogen-bond acceptors (Lipinski definition) is 0. The van der Waals surface area contributed by atoms with Crippen molar-refractivity contribution in [2.45, 2.75) is 50.6 Å². The summed E-state index contributed by atoms with van der Waals surface area (Å²) < 4.78 is 0. The zero-order valence-electron chi connectivity index (χ0n) is 19.0. The van der Waals surface area contributed by atoms with Gasteiger partial charge in [-0.1, -0.05) is 86.6 Å². The zero-order chi connectivity index (χ0) is 20.1. The first kappa shape index (κ1) is 29.6. The molecule has 0 bridgehead atoms. The minimum absolute atomic E-state index is 0. The van der Waals surface area contributed by atoms with Gasteiger partial charge < -0.3 is 12.8 Å². The Labute approximate surface area is 229 Å². The molecule has 2 aromatic rings. The molecule has 4 unspecified atom stereocenters. The maximum Gasteiger partial charge on any atom is 2.00 e. The molecule has 4 aliphatic carbocycles. The van der Waals surface area contributed by atoms with Crippen LogP contribution in [0.4, 0.5) is 0 Å². The van der Waals surface area contributed by atoms with Crippen molar-refractivity contribution in [3.8, 4) is 0 Å². The van der Waals surface area contributed by atoms with Gasteiger partial charge in [-0.3, -0.25) is 0 Å². The standard InChI is InChI=1S/2C13H13.C2H6Si.2ClH.Zr/c2*1-3-7-12-10(5-1)9-11-6-2-4-8-13(11)12;1-3-2;;;/h2*1,3-8,11,13H,2,9H2;1-2H3;2*1H;/q2*-1;;;;+2. The molecule has 0 heterocycles. The minimum Gasteiger partial charge on any atom is -0.321 e. The molecule has 0 fully saturated rings. The maximum absolute atomic E-state index is 2.46. The Bertz CT molecular complexity index is 808. The van der Waals surface area contributed by atoms with Crippen LogP contribution in [0.25, 0.3) is 0 Å². The second-order valence-corrected chi connectivity index (χ2v) is 9.48. The SMILES string of the molecule is C1=CC2c3ccccc3CC2[CH-]C1.C1=CC2c3ccccc3CC2[CH-]C1.C[Si]C.Cl.Cl.[Zr+2].